The molecule has 5 heteroatoms. The summed E-state index contributed by atoms with van der Waals surface area (Å²) in [7, 11) is 0. The van der Waals surface area contributed by atoms with Crippen LogP contribution >= 0.6 is 0 Å². The lowest BCUT2D eigenvalue weighted by Gasteiger charge is -2.15. The number of nitrogens with one attached hydrogen (secondary N) is 1. The zero-order valence-electron chi connectivity index (χ0n) is 12.9. The van der Waals surface area contributed by atoms with Gasteiger partial charge < -0.3 is 10.1 Å². The molecule has 1 unspecified atom stereocenters. The van der Waals surface area contributed by atoms with Gasteiger partial charge in [0.15, 0.2) is 17.7 Å². The van der Waals surface area contributed by atoms with E-state index in [9.17, 15) is 13.6 Å². The van der Waals surface area contributed by atoms with Crippen LogP contribution in [0.2, 0.25) is 0 Å². The Morgan fingerprint density at radius 3 is 2.46 bits per heavy atom. The monoisotopic (exact) mass is 327 g/mol. The normalized spacial score (nSPS) is 12.0. The van der Waals surface area contributed by atoms with E-state index in [-0.39, 0.29) is 5.69 Å². The number of carbonyl (C=O) groups excluding carboxylic acids is 1. The van der Waals surface area contributed by atoms with Gasteiger partial charge in [0.25, 0.3) is 5.91 Å². The SMILES string of the molecule is CC(Oc1ccc2ccccc2c1)C(=O)Nc1ccc(F)c(F)c1. The first-order valence-corrected chi connectivity index (χ1v) is 7.44. The molecule has 0 bridgehead atoms. The maximum atomic E-state index is 13.2. The molecule has 0 aromatic heterocycles. The minimum absolute atomic E-state index is 0.174. The second-order valence-electron chi connectivity index (χ2n) is 5.39. The van der Waals surface area contributed by atoms with Gasteiger partial charge >= 0.3 is 0 Å². The predicted octanol–water partition coefficient (Wildman–Crippen LogP) is 4.52. The second kappa shape index (κ2) is 6.66. The molecule has 3 aromatic carbocycles. The number of rotatable bonds is 4. The van der Waals surface area contributed by atoms with Crippen molar-refractivity contribution in [2.45, 2.75) is 13.0 Å². The van der Waals surface area contributed by atoms with Crippen LogP contribution in [-0.4, -0.2) is 12.0 Å². The van der Waals surface area contributed by atoms with Gasteiger partial charge in [-0.3, -0.25) is 4.79 Å². The Morgan fingerprint density at radius 2 is 1.71 bits per heavy atom. The topological polar surface area (TPSA) is 38.3 Å². The Hall–Kier alpha value is -2.95. The first-order chi connectivity index (χ1) is 11.5. The first-order valence-electron chi connectivity index (χ1n) is 7.44. The molecule has 122 valence electrons. The molecule has 0 aliphatic carbocycles. The van der Waals surface area contributed by atoms with E-state index in [0.717, 1.165) is 22.9 Å². The highest BCUT2D eigenvalue weighted by Crippen LogP contribution is 2.22. The van der Waals surface area contributed by atoms with Crippen molar-refractivity contribution in [2.24, 2.45) is 0 Å². The van der Waals surface area contributed by atoms with Gasteiger partial charge in [0.1, 0.15) is 5.75 Å². The molecule has 0 fully saturated rings. The minimum Gasteiger partial charge on any atom is -0.481 e. The van der Waals surface area contributed by atoms with Gasteiger partial charge in [-0.1, -0.05) is 30.3 Å². The fourth-order valence-electron chi connectivity index (χ4n) is 2.32. The van der Waals surface area contributed by atoms with Gasteiger partial charge in [-0.2, -0.15) is 0 Å². The molecule has 0 heterocycles. The maximum Gasteiger partial charge on any atom is 0.265 e. The zero-order valence-corrected chi connectivity index (χ0v) is 12.9. The molecule has 0 saturated heterocycles. The maximum absolute atomic E-state index is 13.2. The van der Waals surface area contributed by atoms with E-state index in [4.69, 9.17) is 4.74 Å². The first kappa shape index (κ1) is 15.9. The quantitative estimate of drug-likeness (QED) is 0.765. The lowest BCUT2D eigenvalue weighted by molar-refractivity contribution is -0.122. The predicted molar refractivity (Wildman–Crippen MR) is 89.0 cm³/mol. The van der Waals surface area contributed by atoms with Crippen LogP contribution in [0.15, 0.2) is 60.7 Å². The van der Waals surface area contributed by atoms with Gasteiger partial charge in [0.2, 0.25) is 0 Å². The molecule has 0 aliphatic heterocycles. The van der Waals surface area contributed by atoms with E-state index in [1.54, 1.807) is 13.0 Å². The van der Waals surface area contributed by atoms with Crippen LogP contribution in [0.4, 0.5) is 14.5 Å². The molecule has 1 N–H and O–H groups in total. The van der Waals surface area contributed by atoms with Crippen molar-refractivity contribution < 1.29 is 18.3 Å². The van der Waals surface area contributed by atoms with Crippen LogP contribution in [0.25, 0.3) is 10.8 Å². The highest BCUT2D eigenvalue weighted by atomic mass is 19.2. The fourth-order valence-corrected chi connectivity index (χ4v) is 2.32. The fraction of sp³-hybridized carbons (Fsp3) is 0.105. The van der Waals surface area contributed by atoms with Crippen LogP contribution in [-0.2, 0) is 4.79 Å². The van der Waals surface area contributed by atoms with Crippen LogP contribution in [0.1, 0.15) is 6.92 Å². The van der Waals surface area contributed by atoms with Gasteiger partial charge in [0, 0.05) is 11.8 Å². The van der Waals surface area contributed by atoms with E-state index in [2.05, 4.69) is 5.32 Å². The van der Waals surface area contributed by atoms with Crippen molar-refractivity contribution >= 4 is 22.4 Å². The molecule has 24 heavy (non-hydrogen) atoms. The summed E-state index contributed by atoms with van der Waals surface area (Å²) in [5.74, 6) is -1.87. The third-order valence-electron chi connectivity index (χ3n) is 3.59. The van der Waals surface area contributed by atoms with Crippen molar-refractivity contribution in [1.29, 1.82) is 0 Å². The summed E-state index contributed by atoms with van der Waals surface area (Å²) >= 11 is 0. The number of hydrogen-bond acceptors (Lipinski definition) is 2. The number of carbonyl (C=O) groups is 1. The number of amides is 1. The van der Waals surface area contributed by atoms with Crippen molar-refractivity contribution in [3.05, 3.63) is 72.3 Å². The Labute approximate surface area is 137 Å². The van der Waals surface area contributed by atoms with Crippen LogP contribution in [0, 0.1) is 11.6 Å². The van der Waals surface area contributed by atoms with Crippen molar-refractivity contribution in [3.8, 4) is 5.75 Å². The van der Waals surface area contributed by atoms with Crippen molar-refractivity contribution in [1.82, 2.24) is 0 Å². The summed E-state index contributed by atoms with van der Waals surface area (Å²) in [4.78, 5) is 12.1. The second-order valence-corrected chi connectivity index (χ2v) is 5.39. The molecule has 0 radical (unpaired) electrons. The Bertz CT molecular complexity index is 895. The molecular formula is C19H15F2NO2. The smallest absolute Gasteiger partial charge is 0.265 e. The Morgan fingerprint density at radius 1 is 0.958 bits per heavy atom. The molecule has 0 aliphatic rings. The molecule has 1 amide bonds. The number of anilines is 1. The summed E-state index contributed by atoms with van der Waals surface area (Å²) in [5, 5.41) is 4.57. The number of hydrogen-bond donors (Lipinski definition) is 1. The molecule has 0 spiro atoms. The summed E-state index contributed by atoms with van der Waals surface area (Å²) in [6.45, 7) is 1.59. The molecule has 1 atom stereocenters. The molecule has 0 saturated carbocycles. The number of benzene rings is 3. The Kier molecular flexibility index (Phi) is 4.42. The lowest BCUT2D eigenvalue weighted by Crippen LogP contribution is -2.30. The average Bonchev–Trinajstić information content (AvgIpc) is 2.58. The summed E-state index contributed by atoms with van der Waals surface area (Å²) in [5.41, 5.74) is 0.174. The van der Waals surface area contributed by atoms with E-state index >= 15 is 0 Å². The van der Waals surface area contributed by atoms with Crippen molar-refractivity contribution in [2.75, 3.05) is 5.32 Å². The molecule has 3 aromatic rings. The average molecular weight is 327 g/mol. The highest BCUT2D eigenvalue weighted by Gasteiger charge is 2.16. The summed E-state index contributed by atoms with van der Waals surface area (Å²) in [6.07, 6.45) is -0.792. The van der Waals surface area contributed by atoms with Crippen LogP contribution in [0.5, 0.6) is 5.75 Å². The molecule has 3 nitrogen and oxygen atoms in total. The van der Waals surface area contributed by atoms with E-state index in [1.165, 1.54) is 6.07 Å². The van der Waals surface area contributed by atoms with Gasteiger partial charge in [-0.25, -0.2) is 8.78 Å². The van der Waals surface area contributed by atoms with E-state index in [1.807, 2.05) is 36.4 Å². The van der Waals surface area contributed by atoms with Gasteiger partial charge in [0.05, 0.1) is 0 Å². The molecular weight excluding hydrogens is 312 g/mol. The summed E-state index contributed by atoms with van der Waals surface area (Å²) < 4.78 is 31.7. The Balaban J connectivity index is 1.69. The van der Waals surface area contributed by atoms with Crippen LogP contribution < -0.4 is 10.1 Å². The minimum atomic E-state index is -1.02. The molecule has 3 rings (SSSR count). The number of fused-ring (bicyclic) bond motifs is 1. The lowest BCUT2D eigenvalue weighted by atomic mass is 10.1. The third-order valence-corrected chi connectivity index (χ3v) is 3.59. The van der Waals surface area contributed by atoms with Gasteiger partial charge in [-0.15, -0.1) is 0 Å². The number of ether oxygens (including phenoxy) is 1. The van der Waals surface area contributed by atoms with Crippen molar-refractivity contribution in [3.63, 3.8) is 0 Å². The zero-order chi connectivity index (χ0) is 17.1. The van der Waals surface area contributed by atoms with Gasteiger partial charge in [-0.05, 0) is 42.0 Å². The summed E-state index contributed by atoms with van der Waals surface area (Å²) in [6, 6.07) is 16.5. The van der Waals surface area contributed by atoms with Crippen LogP contribution in [0.3, 0.4) is 0 Å². The third kappa shape index (κ3) is 3.51. The highest BCUT2D eigenvalue weighted by molar-refractivity contribution is 5.94. The largest absolute Gasteiger partial charge is 0.481 e. The standard InChI is InChI=1S/C19H15F2NO2/c1-12(19(23)22-15-7-9-17(20)18(21)11-15)24-16-8-6-13-4-2-3-5-14(13)10-16/h2-12H,1H3,(H,22,23). The van der Waals surface area contributed by atoms with E-state index in [0.29, 0.717) is 5.75 Å². The number of halogens is 2. The van der Waals surface area contributed by atoms with E-state index < -0.39 is 23.6 Å².